The van der Waals surface area contributed by atoms with E-state index in [-0.39, 0.29) is 16.6 Å². The van der Waals surface area contributed by atoms with Crippen molar-refractivity contribution < 1.29 is 4.79 Å². The fourth-order valence-corrected chi connectivity index (χ4v) is 3.81. The zero-order valence-corrected chi connectivity index (χ0v) is 18.6. The van der Waals surface area contributed by atoms with Gasteiger partial charge in [0.1, 0.15) is 0 Å². The first-order valence-electron chi connectivity index (χ1n) is 10.7. The third kappa shape index (κ3) is 5.83. The molecule has 1 aliphatic rings. The Balaban J connectivity index is 1.42. The van der Waals surface area contributed by atoms with E-state index < -0.39 is 0 Å². The van der Waals surface area contributed by atoms with Gasteiger partial charge >= 0.3 is 0 Å². The van der Waals surface area contributed by atoms with Gasteiger partial charge in [-0.15, -0.1) is 0 Å². The van der Waals surface area contributed by atoms with Crippen LogP contribution in [0.4, 0.5) is 11.6 Å². The molecule has 7 nitrogen and oxygen atoms in total. The van der Waals surface area contributed by atoms with Crippen LogP contribution < -0.4 is 15.1 Å². The van der Waals surface area contributed by atoms with Crippen LogP contribution in [0.2, 0.25) is 5.02 Å². The van der Waals surface area contributed by atoms with Crippen LogP contribution in [0.5, 0.6) is 0 Å². The summed E-state index contributed by atoms with van der Waals surface area (Å²) < 4.78 is 0. The van der Waals surface area contributed by atoms with Crippen LogP contribution in [0, 0.1) is 0 Å². The summed E-state index contributed by atoms with van der Waals surface area (Å²) in [6.07, 6.45) is 2.39. The predicted octanol–water partition coefficient (Wildman–Crippen LogP) is 2.92. The average molecular weight is 431 g/mol. The van der Waals surface area contributed by atoms with Crippen molar-refractivity contribution in [2.24, 2.45) is 0 Å². The zero-order valence-electron chi connectivity index (χ0n) is 17.9. The maximum atomic E-state index is 12.5. The molecule has 1 amide bonds. The lowest BCUT2D eigenvalue weighted by molar-refractivity contribution is 0.0946. The highest BCUT2D eigenvalue weighted by Gasteiger charge is 2.18. The lowest BCUT2D eigenvalue weighted by Gasteiger charge is -2.36. The van der Waals surface area contributed by atoms with E-state index in [1.54, 1.807) is 0 Å². The van der Waals surface area contributed by atoms with Gasteiger partial charge < -0.3 is 15.1 Å². The quantitative estimate of drug-likeness (QED) is 0.617. The van der Waals surface area contributed by atoms with E-state index in [0.717, 1.165) is 52.2 Å². The van der Waals surface area contributed by atoms with Gasteiger partial charge in [-0.2, -0.15) is 0 Å². The van der Waals surface area contributed by atoms with Crippen LogP contribution in [0.25, 0.3) is 0 Å². The van der Waals surface area contributed by atoms with Gasteiger partial charge in [-0.1, -0.05) is 29.8 Å². The highest BCUT2D eigenvalue weighted by atomic mass is 35.5. The van der Waals surface area contributed by atoms with E-state index >= 15 is 0 Å². The van der Waals surface area contributed by atoms with Gasteiger partial charge in [0.2, 0.25) is 5.95 Å². The SMILES string of the molecule is CCN(CC)c1ncc(Cl)c(C(=O)NCCCN2CCN(c3ccccc3)CC2)n1. The molecule has 1 fully saturated rings. The van der Waals surface area contributed by atoms with E-state index in [2.05, 4.69) is 49.4 Å². The third-order valence-electron chi connectivity index (χ3n) is 5.42. The number of para-hydroxylation sites is 1. The number of rotatable bonds is 9. The molecule has 2 heterocycles. The second kappa shape index (κ2) is 11.1. The second-order valence-corrected chi connectivity index (χ2v) is 7.72. The number of piperazine rings is 1. The number of benzene rings is 1. The van der Waals surface area contributed by atoms with Crippen molar-refractivity contribution in [2.75, 3.05) is 62.2 Å². The molecule has 3 rings (SSSR count). The monoisotopic (exact) mass is 430 g/mol. The molecule has 0 spiro atoms. The molecular formula is C22H31ClN6O. The summed E-state index contributed by atoms with van der Waals surface area (Å²) >= 11 is 6.16. The minimum Gasteiger partial charge on any atom is -0.369 e. The van der Waals surface area contributed by atoms with Crippen LogP contribution >= 0.6 is 11.6 Å². The normalized spacial score (nSPS) is 14.6. The highest BCUT2D eigenvalue weighted by molar-refractivity contribution is 6.33. The smallest absolute Gasteiger partial charge is 0.271 e. The van der Waals surface area contributed by atoms with Crippen molar-refractivity contribution in [2.45, 2.75) is 20.3 Å². The lowest BCUT2D eigenvalue weighted by Crippen LogP contribution is -2.47. The topological polar surface area (TPSA) is 64.6 Å². The lowest BCUT2D eigenvalue weighted by atomic mass is 10.2. The highest BCUT2D eigenvalue weighted by Crippen LogP contribution is 2.17. The van der Waals surface area contributed by atoms with Crippen LogP contribution in [-0.4, -0.2) is 73.1 Å². The van der Waals surface area contributed by atoms with Gasteiger partial charge in [0.25, 0.3) is 5.91 Å². The number of anilines is 2. The summed E-state index contributed by atoms with van der Waals surface area (Å²) in [5.74, 6) is 0.288. The first kappa shape index (κ1) is 22.3. The number of nitrogens with one attached hydrogen (secondary N) is 1. The molecular weight excluding hydrogens is 400 g/mol. The number of hydrogen-bond donors (Lipinski definition) is 1. The minimum absolute atomic E-state index is 0.241. The third-order valence-corrected chi connectivity index (χ3v) is 5.70. The molecule has 0 saturated carbocycles. The zero-order chi connectivity index (χ0) is 21.3. The van der Waals surface area contributed by atoms with E-state index in [0.29, 0.717) is 12.5 Å². The molecule has 0 bridgehead atoms. The van der Waals surface area contributed by atoms with Crippen LogP contribution in [-0.2, 0) is 0 Å². The molecule has 1 saturated heterocycles. The first-order valence-corrected chi connectivity index (χ1v) is 11.1. The molecule has 0 atom stereocenters. The minimum atomic E-state index is -0.246. The van der Waals surface area contributed by atoms with Crippen molar-refractivity contribution in [1.29, 1.82) is 0 Å². The Bertz CT molecular complexity index is 807. The molecule has 0 unspecified atom stereocenters. The maximum absolute atomic E-state index is 12.5. The number of nitrogens with zero attached hydrogens (tertiary/aromatic N) is 5. The average Bonchev–Trinajstić information content (AvgIpc) is 2.79. The molecule has 2 aromatic rings. The Morgan fingerprint density at radius 2 is 1.83 bits per heavy atom. The van der Waals surface area contributed by atoms with Gasteiger partial charge in [0.15, 0.2) is 5.69 Å². The Morgan fingerprint density at radius 3 is 2.50 bits per heavy atom. The Hall–Kier alpha value is -2.38. The van der Waals surface area contributed by atoms with Gasteiger partial charge in [-0.3, -0.25) is 9.69 Å². The Labute approximate surface area is 184 Å². The molecule has 0 aliphatic carbocycles. The number of hydrogen-bond acceptors (Lipinski definition) is 6. The van der Waals surface area contributed by atoms with Crippen LogP contribution in [0.1, 0.15) is 30.8 Å². The number of aromatic nitrogens is 2. The van der Waals surface area contributed by atoms with Crippen LogP contribution in [0.15, 0.2) is 36.5 Å². The van der Waals surface area contributed by atoms with Gasteiger partial charge in [0, 0.05) is 51.5 Å². The molecule has 8 heteroatoms. The summed E-state index contributed by atoms with van der Waals surface area (Å²) in [5, 5.41) is 3.23. The van der Waals surface area contributed by atoms with E-state index in [9.17, 15) is 4.79 Å². The summed E-state index contributed by atoms with van der Waals surface area (Å²) in [6.45, 7) is 11.3. The summed E-state index contributed by atoms with van der Waals surface area (Å²) in [6, 6.07) is 10.5. The van der Waals surface area contributed by atoms with Gasteiger partial charge in [0.05, 0.1) is 11.2 Å². The summed E-state index contributed by atoms with van der Waals surface area (Å²) in [4.78, 5) is 28.0. The standard InChI is InChI=1S/C22H31ClN6O/c1-3-28(4-2)22-25-17-19(23)20(26-22)21(30)24-11-8-12-27-13-15-29(16-14-27)18-9-6-5-7-10-18/h5-7,9-10,17H,3-4,8,11-16H2,1-2H3,(H,24,30). The Morgan fingerprint density at radius 1 is 1.13 bits per heavy atom. The van der Waals surface area contributed by atoms with E-state index in [1.165, 1.54) is 11.9 Å². The molecule has 162 valence electrons. The Kier molecular flexibility index (Phi) is 8.28. The largest absolute Gasteiger partial charge is 0.369 e. The molecule has 0 radical (unpaired) electrons. The van der Waals surface area contributed by atoms with Gasteiger partial charge in [-0.05, 0) is 38.9 Å². The first-order chi connectivity index (χ1) is 14.6. The number of carbonyl (C=O) groups is 1. The van der Waals surface area contributed by atoms with Crippen molar-refractivity contribution in [3.8, 4) is 0 Å². The van der Waals surface area contributed by atoms with E-state index in [1.807, 2.05) is 24.8 Å². The van der Waals surface area contributed by atoms with Crippen molar-refractivity contribution in [3.05, 3.63) is 47.2 Å². The summed E-state index contributed by atoms with van der Waals surface area (Å²) in [7, 11) is 0. The predicted molar refractivity (Wildman–Crippen MR) is 123 cm³/mol. The fourth-order valence-electron chi connectivity index (χ4n) is 3.63. The fraction of sp³-hybridized carbons (Fsp3) is 0.500. The van der Waals surface area contributed by atoms with Gasteiger partial charge in [-0.25, -0.2) is 9.97 Å². The maximum Gasteiger partial charge on any atom is 0.271 e. The van der Waals surface area contributed by atoms with E-state index in [4.69, 9.17) is 11.6 Å². The molecule has 1 aromatic carbocycles. The molecule has 1 aliphatic heterocycles. The van der Waals surface area contributed by atoms with Crippen molar-refractivity contribution >= 4 is 29.1 Å². The van der Waals surface area contributed by atoms with Crippen molar-refractivity contribution in [3.63, 3.8) is 0 Å². The second-order valence-electron chi connectivity index (χ2n) is 7.31. The number of carbonyl (C=O) groups excluding carboxylic acids is 1. The molecule has 30 heavy (non-hydrogen) atoms. The number of halogens is 1. The van der Waals surface area contributed by atoms with Crippen molar-refractivity contribution in [1.82, 2.24) is 20.2 Å². The molecule has 1 N–H and O–H groups in total. The molecule has 1 aromatic heterocycles. The number of amides is 1. The van der Waals surface area contributed by atoms with Crippen LogP contribution in [0.3, 0.4) is 0 Å². The summed E-state index contributed by atoms with van der Waals surface area (Å²) in [5.41, 5.74) is 1.53.